The largest absolute Gasteiger partial charge is 3.00 e. The van der Waals surface area contributed by atoms with E-state index in [-0.39, 0.29) is 32.7 Å². The van der Waals surface area contributed by atoms with Crippen molar-refractivity contribution in [2.45, 2.75) is 6.92 Å². The molecule has 3 rings (SSSR count). The minimum Gasteiger partial charge on any atom is -0.264 e. The molecule has 0 radical (unpaired) electrons. The van der Waals surface area contributed by atoms with Crippen LogP contribution in [0.4, 0.5) is 0 Å². The van der Waals surface area contributed by atoms with Crippen molar-refractivity contribution in [2.75, 3.05) is 0 Å². The Morgan fingerprint density at radius 3 is 2.83 bits per heavy atom. The summed E-state index contributed by atoms with van der Waals surface area (Å²) in [6, 6.07) is 17.0. The number of fused-ring (bicyclic) bond motifs is 1. The quantitative estimate of drug-likeness (QED) is 0.644. The molecule has 0 unspecified atom stereocenters. The molecule has 0 aliphatic rings. The van der Waals surface area contributed by atoms with Crippen LogP contribution in [0.15, 0.2) is 48.7 Å². The van der Waals surface area contributed by atoms with Gasteiger partial charge in [-0.25, -0.2) is 0 Å². The van der Waals surface area contributed by atoms with Gasteiger partial charge in [0.25, 0.3) is 0 Å². The van der Waals surface area contributed by atoms with E-state index in [1.54, 1.807) is 6.20 Å². The molecule has 2 nitrogen and oxygen atoms in total. The number of aromatic nitrogens is 2. The van der Waals surface area contributed by atoms with E-state index < -0.39 is 0 Å². The van der Waals surface area contributed by atoms with E-state index in [1.807, 2.05) is 37.3 Å². The third kappa shape index (κ3) is 2.50. The molecule has 2 heterocycles. The Kier molecular flexibility index (Phi) is 4.20. The molecule has 1 aromatic carbocycles. The van der Waals surface area contributed by atoms with Gasteiger partial charge in [0.05, 0.1) is 5.52 Å². The molecule has 2 aromatic heterocycles. The van der Waals surface area contributed by atoms with Crippen LogP contribution in [-0.4, -0.2) is 9.97 Å². The number of nitrogens with zero attached hydrogens (tertiary/aromatic N) is 2. The number of rotatable bonds is 1. The zero-order valence-electron chi connectivity index (χ0n) is 10.1. The summed E-state index contributed by atoms with van der Waals surface area (Å²) in [5.74, 6) is 0. The minimum absolute atomic E-state index is 0. The van der Waals surface area contributed by atoms with Crippen LogP contribution in [0.1, 0.15) is 5.69 Å². The molecular weight excluding hydrogens is 297 g/mol. The van der Waals surface area contributed by atoms with Crippen molar-refractivity contribution in [3.8, 4) is 11.3 Å². The first-order valence-electron chi connectivity index (χ1n) is 5.53. The Labute approximate surface area is 131 Å². The van der Waals surface area contributed by atoms with Crippen LogP contribution in [0.25, 0.3) is 22.2 Å². The van der Waals surface area contributed by atoms with Gasteiger partial charge in [-0.15, -0.1) is 5.56 Å². The van der Waals surface area contributed by atoms with Gasteiger partial charge in [-0.05, 0) is 19.1 Å². The molecule has 3 heteroatoms. The van der Waals surface area contributed by atoms with E-state index in [0.717, 1.165) is 27.9 Å². The van der Waals surface area contributed by atoms with E-state index >= 15 is 0 Å². The Morgan fingerprint density at radius 2 is 2.06 bits per heavy atom. The summed E-state index contributed by atoms with van der Waals surface area (Å²) in [6.07, 6.45) is 1.80. The Balaban J connectivity index is 0.00000120. The van der Waals surface area contributed by atoms with Crippen molar-refractivity contribution >= 4 is 10.9 Å². The summed E-state index contributed by atoms with van der Waals surface area (Å²) < 4.78 is 0. The third-order valence-electron chi connectivity index (χ3n) is 2.70. The molecule has 0 bridgehead atoms. The van der Waals surface area contributed by atoms with Crippen LogP contribution < -0.4 is 0 Å². The Hall–Kier alpha value is -1.12. The maximum Gasteiger partial charge on any atom is 3.00 e. The van der Waals surface area contributed by atoms with Gasteiger partial charge in [0.1, 0.15) is 0 Å². The number of benzene rings is 1. The van der Waals surface area contributed by atoms with Crippen LogP contribution in [-0.2, 0) is 32.7 Å². The number of aryl methyl sites for hydroxylation is 1. The summed E-state index contributed by atoms with van der Waals surface area (Å²) in [5, 5.41) is 1.12. The molecule has 0 atom stereocenters. The van der Waals surface area contributed by atoms with Gasteiger partial charge in [0.15, 0.2) is 0 Å². The topological polar surface area (TPSA) is 25.8 Å². The first-order chi connectivity index (χ1) is 8.34. The molecule has 18 heavy (non-hydrogen) atoms. The summed E-state index contributed by atoms with van der Waals surface area (Å²) in [7, 11) is 0. The summed E-state index contributed by atoms with van der Waals surface area (Å²) in [6.45, 7) is 2.00. The predicted molar refractivity (Wildman–Crippen MR) is 68.5 cm³/mol. The van der Waals surface area contributed by atoms with E-state index in [0.29, 0.717) is 0 Å². The number of hydrogen-bond donors (Lipinski definition) is 0. The van der Waals surface area contributed by atoms with E-state index in [9.17, 15) is 0 Å². The SMILES string of the molecule is Cc1cc2cccnc2c(-c2c[c-]ccc2)n1.[Y+3]. The van der Waals surface area contributed by atoms with E-state index in [4.69, 9.17) is 0 Å². The zero-order valence-corrected chi connectivity index (χ0v) is 12.9. The van der Waals surface area contributed by atoms with Gasteiger partial charge in [0, 0.05) is 23.0 Å². The second kappa shape index (κ2) is 5.68. The average molecular weight is 308 g/mol. The Morgan fingerprint density at radius 1 is 1.17 bits per heavy atom. The van der Waals surface area contributed by atoms with E-state index in [2.05, 4.69) is 28.2 Å². The van der Waals surface area contributed by atoms with Crippen molar-refractivity contribution in [1.82, 2.24) is 9.97 Å². The van der Waals surface area contributed by atoms with Crippen LogP contribution >= 0.6 is 0 Å². The molecule has 0 spiro atoms. The van der Waals surface area contributed by atoms with Gasteiger partial charge in [-0.3, -0.25) is 9.97 Å². The van der Waals surface area contributed by atoms with Gasteiger partial charge < -0.3 is 0 Å². The van der Waals surface area contributed by atoms with E-state index in [1.165, 1.54) is 0 Å². The molecule has 0 aliphatic heterocycles. The van der Waals surface area contributed by atoms with Crippen molar-refractivity contribution in [3.05, 3.63) is 60.4 Å². The fourth-order valence-corrected chi connectivity index (χ4v) is 1.96. The standard InChI is InChI=1S/C15H11N2.Y/c1-11-10-13-8-5-9-16-14(13)15(17-11)12-6-3-2-4-7-12;/h2-3,5-10H,1H3;/q-1;+3. The van der Waals surface area contributed by atoms with Gasteiger partial charge in [-0.1, -0.05) is 6.07 Å². The smallest absolute Gasteiger partial charge is 0.264 e. The summed E-state index contributed by atoms with van der Waals surface area (Å²) >= 11 is 0. The zero-order chi connectivity index (χ0) is 11.7. The minimum atomic E-state index is 0. The maximum atomic E-state index is 4.59. The molecule has 82 valence electrons. The average Bonchev–Trinajstić information content (AvgIpc) is 2.39. The third-order valence-corrected chi connectivity index (χ3v) is 2.70. The molecule has 0 saturated carbocycles. The number of pyridine rings is 2. The predicted octanol–water partition coefficient (Wildman–Crippen LogP) is 3.40. The summed E-state index contributed by atoms with van der Waals surface area (Å²) in [5.41, 5.74) is 3.93. The van der Waals surface area contributed by atoms with Crippen molar-refractivity contribution in [2.24, 2.45) is 0 Å². The second-order valence-electron chi connectivity index (χ2n) is 3.98. The summed E-state index contributed by atoms with van der Waals surface area (Å²) in [4.78, 5) is 9.01. The van der Waals surface area contributed by atoms with Gasteiger partial charge in [-0.2, -0.15) is 30.3 Å². The van der Waals surface area contributed by atoms with Crippen molar-refractivity contribution in [1.29, 1.82) is 0 Å². The van der Waals surface area contributed by atoms with Gasteiger partial charge in [0.2, 0.25) is 0 Å². The monoisotopic (exact) mass is 308 g/mol. The second-order valence-corrected chi connectivity index (χ2v) is 3.98. The van der Waals surface area contributed by atoms with Crippen LogP contribution in [0.2, 0.25) is 0 Å². The molecule has 0 N–H and O–H groups in total. The van der Waals surface area contributed by atoms with Crippen LogP contribution in [0, 0.1) is 13.0 Å². The molecule has 3 aromatic rings. The number of hydrogen-bond acceptors (Lipinski definition) is 2. The van der Waals surface area contributed by atoms with Gasteiger partial charge >= 0.3 is 32.7 Å². The first kappa shape index (κ1) is 13.3. The molecule has 0 amide bonds. The Bertz CT molecular complexity index is 666. The molecule has 0 saturated heterocycles. The molecule has 0 aliphatic carbocycles. The fraction of sp³-hybridized carbons (Fsp3) is 0.0667. The maximum absolute atomic E-state index is 4.59. The van der Waals surface area contributed by atoms with Crippen LogP contribution in [0.3, 0.4) is 0 Å². The van der Waals surface area contributed by atoms with Crippen LogP contribution in [0.5, 0.6) is 0 Å². The molecular formula is C15H11N2Y+2. The normalized spacial score (nSPS) is 10.1. The van der Waals surface area contributed by atoms with Crippen molar-refractivity contribution in [3.63, 3.8) is 0 Å². The molecule has 0 fully saturated rings. The fourth-order valence-electron chi connectivity index (χ4n) is 1.96. The van der Waals surface area contributed by atoms with Crippen molar-refractivity contribution < 1.29 is 32.7 Å². The first-order valence-corrected chi connectivity index (χ1v) is 5.53.